The topological polar surface area (TPSA) is 49.4 Å². The van der Waals surface area contributed by atoms with E-state index in [0.29, 0.717) is 11.2 Å². The van der Waals surface area contributed by atoms with Crippen LogP contribution in [0.5, 0.6) is 0 Å². The van der Waals surface area contributed by atoms with Crippen molar-refractivity contribution in [3.8, 4) is 0 Å². The first-order valence-electron chi connectivity index (χ1n) is 6.89. The summed E-state index contributed by atoms with van der Waals surface area (Å²) < 4.78 is 0. The largest absolute Gasteiger partial charge is 0.340 e. The number of hydrogen-bond donors (Lipinski definition) is 1. The van der Waals surface area contributed by atoms with Crippen LogP contribution in [-0.2, 0) is 9.59 Å². The van der Waals surface area contributed by atoms with E-state index in [2.05, 4.69) is 5.32 Å². The first-order valence-corrected chi connectivity index (χ1v) is 9.09. The Balaban J connectivity index is 1.69. The number of carbonyl (C=O) groups excluding carboxylic acids is 2. The van der Waals surface area contributed by atoms with Crippen LogP contribution in [0.25, 0.3) is 0 Å². The number of nitrogens with zero attached hydrogens (tertiary/aromatic N) is 1. The monoisotopic (exact) mass is 300 g/mol. The van der Waals surface area contributed by atoms with Crippen molar-refractivity contribution >= 4 is 35.3 Å². The average Bonchev–Trinajstić information content (AvgIpc) is 3.21. The summed E-state index contributed by atoms with van der Waals surface area (Å²) in [5.74, 6) is 3.93. The van der Waals surface area contributed by atoms with Gasteiger partial charge >= 0.3 is 0 Å². The molecule has 0 aromatic heterocycles. The number of hydrogen-bond acceptors (Lipinski definition) is 4. The van der Waals surface area contributed by atoms with Crippen molar-refractivity contribution in [2.45, 2.75) is 30.6 Å². The van der Waals surface area contributed by atoms with E-state index in [1.54, 1.807) is 4.90 Å². The van der Waals surface area contributed by atoms with Gasteiger partial charge < -0.3 is 10.2 Å². The standard InChI is InChI=1S/C13H20N2O2S2/c1-13(9-2-3-9)12(17)15(7-11(16)14-13)6-10-8-18-4-5-19-10/h9-10H,2-8H2,1H3,(H,14,16). The minimum absolute atomic E-state index is 0.00228. The van der Waals surface area contributed by atoms with E-state index in [0.717, 1.165) is 30.9 Å². The van der Waals surface area contributed by atoms with Gasteiger partial charge in [0.25, 0.3) is 0 Å². The lowest BCUT2D eigenvalue weighted by Crippen LogP contribution is -2.67. The van der Waals surface area contributed by atoms with E-state index < -0.39 is 5.54 Å². The summed E-state index contributed by atoms with van der Waals surface area (Å²) in [6.45, 7) is 2.87. The van der Waals surface area contributed by atoms with E-state index in [9.17, 15) is 9.59 Å². The summed E-state index contributed by atoms with van der Waals surface area (Å²) in [6.07, 6.45) is 2.12. The fraction of sp³-hybridized carbons (Fsp3) is 0.846. The van der Waals surface area contributed by atoms with Crippen molar-refractivity contribution in [3.05, 3.63) is 0 Å². The van der Waals surface area contributed by atoms with Gasteiger partial charge in [-0.25, -0.2) is 0 Å². The molecule has 0 bridgehead atoms. The molecule has 6 heteroatoms. The van der Waals surface area contributed by atoms with Crippen LogP contribution in [0.1, 0.15) is 19.8 Å². The van der Waals surface area contributed by atoms with Crippen LogP contribution in [0.4, 0.5) is 0 Å². The van der Waals surface area contributed by atoms with E-state index in [-0.39, 0.29) is 18.4 Å². The number of rotatable bonds is 3. The molecule has 2 amide bonds. The van der Waals surface area contributed by atoms with Crippen molar-refractivity contribution in [1.82, 2.24) is 10.2 Å². The van der Waals surface area contributed by atoms with Crippen molar-refractivity contribution in [2.75, 3.05) is 30.3 Å². The third-order valence-electron chi connectivity index (χ3n) is 4.17. The fourth-order valence-corrected chi connectivity index (χ4v) is 5.61. The predicted octanol–water partition coefficient (Wildman–Crippen LogP) is 0.962. The maximum atomic E-state index is 12.6. The van der Waals surface area contributed by atoms with Gasteiger partial charge in [0.2, 0.25) is 11.8 Å². The number of thioether (sulfide) groups is 2. The molecule has 1 aliphatic carbocycles. The molecule has 2 unspecified atom stereocenters. The summed E-state index contributed by atoms with van der Waals surface area (Å²) in [6, 6.07) is 0. The molecule has 0 aromatic rings. The van der Waals surface area contributed by atoms with Crippen molar-refractivity contribution in [1.29, 1.82) is 0 Å². The van der Waals surface area contributed by atoms with E-state index in [1.807, 2.05) is 30.4 Å². The third kappa shape index (κ3) is 2.75. The molecule has 1 saturated carbocycles. The Morgan fingerprint density at radius 3 is 2.79 bits per heavy atom. The fourth-order valence-electron chi connectivity index (χ4n) is 2.93. The molecule has 0 spiro atoms. The Morgan fingerprint density at radius 2 is 2.16 bits per heavy atom. The first kappa shape index (κ1) is 13.6. The van der Waals surface area contributed by atoms with Crippen LogP contribution in [0, 0.1) is 5.92 Å². The van der Waals surface area contributed by atoms with Gasteiger partial charge in [0.1, 0.15) is 5.54 Å². The van der Waals surface area contributed by atoms with Gasteiger partial charge in [-0.05, 0) is 25.7 Å². The molecule has 2 atom stereocenters. The molecule has 3 rings (SSSR count). The second kappa shape index (κ2) is 5.20. The Kier molecular flexibility index (Phi) is 3.73. The predicted molar refractivity (Wildman–Crippen MR) is 79.4 cm³/mol. The van der Waals surface area contributed by atoms with Crippen LogP contribution in [0.3, 0.4) is 0 Å². The molecule has 3 fully saturated rings. The molecule has 106 valence electrons. The number of nitrogens with one attached hydrogen (secondary N) is 1. The lowest BCUT2D eigenvalue weighted by atomic mass is 9.91. The number of carbonyl (C=O) groups is 2. The quantitative estimate of drug-likeness (QED) is 0.843. The molecule has 19 heavy (non-hydrogen) atoms. The molecular formula is C13H20N2O2S2. The molecular weight excluding hydrogens is 280 g/mol. The highest BCUT2D eigenvalue weighted by Crippen LogP contribution is 2.41. The second-order valence-electron chi connectivity index (χ2n) is 5.78. The maximum absolute atomic E-state index is 12.6. The lowest BCUT2D eigenvalue weighted by Gasteiger charge is -2.41. The molecule has 1 N–H and O–H groups in total. The highest BCUT2D eigenvalue weighted by Gasteiger charge is 2.52. The number of piperazine rings is 1. The smallest absolute Gasteiger partial charge is 0.248 e. The van der Waals surface area contributed by atoms with E-state index in [1.165, 1.54) is 5.75 Å². The molecule has 2 heterocycles. The normalized spacial score (nSPS) is 36.3. The van der Waals surface area contributed by atoms with Crippen LogP contribution < -0.4 is 5.32 Å². The summed E-state index contributed by atoms with van der Waals surface area (Å²) in [5.41, 5.74) is -0.637. The molecule has 2 aliphatic heterocycles. The maximum Gasteiger partial charge on any atom is 0.248 e. The molecule has 0 aromatic carbocycles. The minimum atomic E-state index is -0.637. The third-order valence-corrected chi connectivity index (χ3v) is 7.00. The first-order chi connectivity index (χ1) is 9.09. The van der Waals surface area contributed by atoms with Crippen molar-refractivity contribution < 1.29 is 9.59 Å². The van der Waals surface area contributed by atoms with Crippen molar-refractivity contribution in [2.24, 2.45) is 5.92 Å². The molecule has 4 nitrogen and oxygen atoms in total. The average molecular weight is 300 g/mol. The summed E-state index contributed by atoms with van der Waals surface area (Å²) in [5, 5.41) is 3.41. The van der Waals surface area contributed by atoms with E-state index >= 15 is 0 Å². The van der Waals surface area contributed by atoms with Gasteiger partial charge in [-0.1, -0.05) is 0 Å². The minimum Gasteiger partial charge on any atom is -0.340 e. The van der Waals surface area contributed by atoms with Gasteiger partial charge in [0.15, 0.2) is 0 Å². The van der Waals surface area contributed by atoms with Crippen molar-refractivity contribution in [3.63, 3.8) is 0 Å². The molecule has 2 saturated heterocycles. The van der Waals surface area contributed by atoms with Crippen LogP contribution >= 0.6 is 23.5 Å². The Labute approximate surface area is 122 Å². The second-order valence-corrected chi connectivity index (χ2v) is 8.34. The zero-order valence-electron chi connectivity index (χ0n) is 11.2. The van der Waals surface area contributed by atoms with Gasteiger partial charge in [-0.15, -0.1) is 0 Å². The van der Waals surface area contributed by atoms with Crippen LogP contribution in [0.15, 0.2) is 0 Å². The molecule has 3 aliphatic rings. The Bertz CT molecular complexity index is 394. The summed E-state index contributed by atoms with van der Waals surface area (Å²) >= 11 is 3.89. The Morgan fingerprint density at radius 1 is 1.37 bits per heavy atom. The van der Waals surface area contributed by atoms with Gasteiger partial charge in [-0.2, -0.15) is 23.5 Å². The summed E-state index contributed by atoms with van der Waals surface area (Å²) in [4.78, 5) is 26.3. The van der Waals surface area contributed by atoms with E-state index in [4.69, 9.17) is 0 Å². The van der Waals surface area contributed by atoms with Crippen LogP contribution in [-0.4, -0.2) is 57.9 Å². The highest BCUT2D eigenvalue weighted by atomic mass is 32.2. The molecule has 0 radical (unpaired) electrons. The van der Waals surface area contributed by atoms with Gasteiger partial charge in [0.05, 0.1) is 6.54 Å². The Hall–Kier alpha value is -0.360. The zero-order valence-corrected chi connectivity index (χ0v) is 12.8. The highest BCUT2D eigenvalue weighted by molar-refractivity contribution is 8.06. The van der Waals surface area contributed by atoms with Gasteiger partial charge in [0, 0.05) is 29.1 Å². The zero-order chi connectivity index (χ0) is 13.5. The van der Waals surface area contributed by atoms with Gasteiger partial charge in [-0.3, -0.25) is 9.59 Å². The number of amides is 2. The SMILES string of the molecule is CC1(C2CC2)NC(=O)CN(CC2CSCCS2)C1=O. The van der Waals surface area contributed by atoms with Crippen LogP contribution in [0.2, 0.25) is 0 Å². The lowest BCUT2D eigenvalue weighted by molar-refractivity contribution is -0.150. The summed E-state index contributed by atoms with van der Waals surface area (Å²) in [7, 11) is 0.